The molecule has 0 aromatic carbocycles. The van der Waals surface area contributed by atoms with Crippen molar-refractivity contribution in [1.82, 2.24) is 39.5 Å². The second-order valence-electron chi connectivity index (χ2n) is 14.4. The molecule has 8 bridgehead atoms. The molecule has 0 atom stereocenters. The average molecular weight is 683 g/mol. The van der Waals surface area contributed by atoms with Gasteiger partial charge < -0.3 is 29.6 Å². The minimum atomic E-state index is 0.749. The molecule has 8 nitrogen and oxygen atoms in total. The van der Waals surface area contributed by atoms with E-state index in [1.165, 1.54) is 33.4 Å². The van der Waals surface area contributed by atoms with Gasteiger partial charge in [-0.15, -0.1) is 0 Å². The Bertz CT molecular complexity index is 2480. The summed E-state index contributed by atoms with van der Waals surface area (Å²) in [5.74, 6) is 0. The predicted molar refractivity (Wildman–Crippen MR) is 217 cm³/mol. The maximum absolute atomic E-state index is 5.55. The van der Waals surface area contributed by atoms with Crippen LogP contribution in [0.2, 0.25) is 0 Å². The summed E-state index contributed by atoms with van der Waals surface area (Å²) in [6.07, 6.45) is 32.7. The van der Waals surface area contributed by atoms with Crippen LogP contribution >= 0.6 is 0 Å². The van der Waals surface area contributed by atoms with E-state index in [1.54, 1.807) is 0 Å². The number of likely N-dealkylation sites (N-methyl/N-ethyl adjacent to an activating group) is 4. The van der Waals surface area contributed by atoms with Gasteiger partial charge in [-0.2, -0.15) is 0 Å². The highest BCUT2D eigenvalue weighted by atomic mass is 15.1. The summed E-state index contributed by atoms with van der Waals surface area (Å²) in [7, 11) is 8.55. The van der Waals surface area contributed by atoms with Gasteiger partial charge >= 0.3 is 0 Å². The highest BCUT2D eigenvalue weighted by molar-refractivity contribution is 6.05. The average Bonchev–Trinajstić information content (AvgIpc) is 3.93. The van der Waals surface area contributed by atoms with Gasteiger partial charge in [0, 0.05) is 93.2 Å². The lowest BCUT2D eigenvalue weighted by atomic mass is 9.88. The first-order valence-corrected chi connectivity index (χ1v) is 17.8. The minimum Gasteiger partial charge on any atom is -0.376 e. The quantitative estimate of drug-likeness (QED) is 0.228. The minimum absolute atomic E-state index is 0.749. The van der Waals surface area contributed by atoms with Gasteiger partial charge in [-0.25, -0.2) is 9.97 Å². The molecular weight excluding hydrogens is 641 g/mol. The van der Waals surface area contributed by atoms with Crippen LogP contribution in [0.15, 0.2) is 109 Å². The fourth-order valence-electron chi connectivity index (χ4n) is 7.85. The molecule has 0 fully saturated rings. The molecule has 0 saturated heterocycles. The van der Waals surface area contributed by atoms with Gasteiger partial charge in [0.05, 0.1) is 28.3 Å². The first-order chi connectivity index (χ1) is 25.3. The molecule has 9 rings (SSSR count). The van der Waals surface area contributed by atoms with Crippen LogP contribution in [0.5, 0.6) is 0 Å². The third-order valence-corrected chi connectivity index (χ3v) is 10.2. The van der Waals surface area contributed by atoms with Crippen molar-refractivity contribution in [2.45, 2.75) is 0 Å². The van der Waals surface area contributed by atoms with Crippen molar-refractivity contribution in [3.05, 3.63) is 149 Å². The standard InChI is InChI=1S/C44H42N8/c1-49-17-5-9-29(25-49)38-23-37-22-35-14-13-33(45-35)21-34-15-16-36(46-34)24-39-40(30-10-6-18-50(2)26-30)41(31-11-7-19-51(3)27-31)44(48-39)42(43(38)47-37)32-12-8-20-52(4)28-32/h5-24,45,48H,25-28H2,1-4H3. The summed E-state index contributed by atoms with van der Waals surface area (Å²) in [4.78, 5) is 27.2. The van der Waals surface area contributed by atoms with E-state index >= 15 is 0 Å². The lowest BCUT2D eigenvalue weighted by molar-refractivity contribution is 0.497. The molecule has 6 aliphatic heterocycles. The summed E-state index contributed by atoms with van der Waals surface area (Å²) in [5, 5.41) is 0. The Kier molecular flexibility index (Phi) is 7.80. The predicted octanol–water partition coefficient (Wildman–Crippen LogP) is 7.94. The molecule has 9 heterocycles. The molecule has 3 aromatic rings. The fourth-order valence-corrected chi connectivity index (χ4v) is 7.85. The maximum atomic E-state index is 5.55. The molecule has 3 aromatic heterocycles. The summed E-state index contributed by atoms with van der Waals surface area (Å²) in [6.45, 7) is 3.11. The van der Waals surface area contributed by atoms with E-state index in [-0.39, 0.29) is 0 Å². The third kappa shape index (κ3) is 5.96. The van der Waals surface area contributed by atoms with Crippen molar-refractivity contribution in [3.8, 4) is 0 Å². The Morgan fingerprint density at radius 2 is 1.02 bits per heavy atom. The maximum Gasteiger partial charge on any atom is 0.0810 e. The zero-order valence-corrected chi connectivity index (χ0v) is 30.1. The van der Waals surface area contributed by atoms with Gasteiger partial charge in [0.15, 0.2) is 0 Å². The molecule has 0 aliphatic carbocycles. The van der Waals surface area contributed by atoms with E-state index in [2.05, 4.69) is 180 Å². The second kappa shape index (κ2) is 12.8. The SMILES string of the molecule is CN1C=CC=C(C2=Cc3cc4ccc(cc5nc(cc6[nH]c(c(C7=CC=CN(C)C7)c2n3)c(C2=CC=CN(C)C2)c6C2=CC=CN(C)C2)C=C5)[nH]4)C1. The van der Waals surface area contributed by atoms with Crippen LogP contribution in [0.25, 0.3) is 62.6 Å². The highest BCUT2D eigenvalue weighted by Gasteiger charge is 2.29. The van der Waals surface area contributed by atoms with Crippen molar-refractivity contribution in [1.29, 1.82) is 0 Å². The summed E-state index contributed by atoms with van der Waals surface area (Å²) >= 11 is 0. The van der Waals surface area contributed by atoms with E-state index in [0.29, 0.717) is 0 Å². The number of hydrogen-bond donors (Lipinski definition) is 2. The molecular formula is C44H42N8. The lowest BCUT2D eigenvalue weighted by Crippen LogP contribution is -2.20. The third-order valence-electron chi connectivity index (χ3n) is 10.2. The van der Waals surface area contributed by atoms with Crippen LogP contribution in [-0.2, 0) is 0 Å². The number of H-pyrrole nitrogens is 2. The van der Waals surface area contributed by atoms with E-state index in [4.69, 9.17) is 9.97 Å². The van der Waals surface area contributed by atoms with Crippen molar-refractivity contribution in [3.63, 3.8) is 0 Å². The van der Waals surface area contributed by atoms with Crippen molar-refractivity contribution in [2.24, 2.45) is 0 Å². The number of aromatic amines is 2. The van der Waals surface area contributed by atoms with Crippen LogP contribution in [0.1, 0.15) is 39.5 Å². The smallest absolute Gasteiger partial charge is 0.0810 e. The fraction of sp³-hybridized carbons (Fsp3) is 0.182. The van der Waals surface area contributed by atoms with E-state index in [1.807, 2.05) is 0 Å². The summed E-state index contributed by atoms with van der Waals surface area (Å²) in [6, 6.07) is 10.7. The summed E-state index contributed by atoms with van der Waals surface area (Å²) in [5.41, 5.74) is 17.4. The number of allylic oxidation sites excluding steroid dienone is 8. The number of nitrogens with zero attached hydrogens (tertiary/aromatic N) is 6. The Labute approximate surface area is 304 Å². The van der Waals surface area contributed by atoms with Crippen LogP contribution in [0.3, 0.4) is 0 Å². The topological polar surface area (TPSA) is 70.3 Å². The van der Waals surface area contributed by atoms with Crippen molar-refractivity contribution >= 4 is 62.6 Å². The lowest BCUT2D eigenvalue weighted by Gasteiger charge is -2.26. The van der Waals surface area contributed by atoms with Crippen LogP contribution in [0.4, 0.5) is 0 Å². The van der Waals surface area contributed by atoms with Gasteiger partial charge in [0.25, 0.3) is 0 Å². The highest BCUT2D eigenvalue weighted by Crippen LogP contribution is 2.43. The molecule has 0 unspecified atom stereocenters. The largest absolute Gasteiger partial charge is 0.376 e. The molecule has 8 heteroatoms. The van der Waals surface area contributed by atoms with Crippen LogP contribution in [-0.4, -0.2) is 93.9 Å². The zero-order valence-electron chi connectivity index (χ0n) is 30.1. The molecule has 258 valence electrons. The molecule has 0 radical (unpaired) electrons. The van der Waals surface area contributed by atoms with E-state index in [0.717, 1.165) is 82.2 Å². The number of aromatic nitrogens is 4. The Balaban J connectivity index is 1.49. The number of nitrogens with one attached hydrogen (secondary N) is 2. The monoisotopic (exact) mass is 682 g/mol. The normalized spacial score (nSPS) is 18.1. The van der Waals surface area contributed by atoms with Gasteiger partial charge in [-0.1, -0.05) is 24.3 Å². The summed E-state index contributed by atoms with van der Waals surface area (Å²) < 4.78 is 0. The number of hydrogen-bond acceptors (Lipinski definition) is 6. The molecule has 0 saturated carbocycles. The van der Waals surface area contributed by atoms with Crippen LogP contribution < -0.4 is 0 Å². The molecule has 52 heavy (non-hydrogen) atoms. The van der Waals surface area contributed by atoms with Crippen LogP contribution in [0, 0.1) is 0 Å². The zero-order chi connectivity index (χ0) is 35.3. The Hall–Kier alpha value is -6.28. The van der Waals surface area contributed by atoms with Crippen molar-refractivity contribution < 1.29 is 0 Å². The molecule has 6 aliphatic rings. The van der Waals surface area contributed by atoms with Gasteiger partial charge in [-0.05, 0) is 120 Å². The first-order valence-electron chi connectivity index (χ1n) is 17.8. The number of fused-ring (bicyclic) bond motifs is 8. The van der Waals surface area contributed by atoms with Crippen molar-refractivity contribution in [2.75, 3.05) is 54.4 Å². The van der Waals surface area contributed by atoms with Gasteiger partial charge in [-0.3, -0.25) is 0 Å². The molecule has 2 N–H and O–H groups in total. The van der Waals surface area contributed by atoms with E-state index < -0.39 is 0 Å². The number of rotatable bonds is 4. The first kappa shape index (κ1) is 31.7. The van der Waals surface area contributed by atoms with E-state index in [9.17, 15) is 0 Å². The van der Waals surface area contributed by atoms with Gasteiger partial charge in [0.1, 0.15) is 0 Å². The Morgan fingerprint density at radius 1 is 0.519 bits per heavy atom. The Morgan fingerprint density at radius 3 is 1.62 bits per heavy atom. The molecule has 0 amide bonds. The van der Waals surface area contributed by atoms with Gasteiger partial charge in [0.2, 0.25) is 0 Å². The molecule has 0 spiro atoms. The second-order valence-corrected chi connectivity index (χ2v) is 14.4.